The number of hydrogen-bond acceptors (Lipinski definition) is 10. The quantitative estimate of drug-likeness (QED) is 0.275. The Hall–Kier alpha value is -3.21. The number of aliphatic hydroxyl groups is 1. The van der Waals surface area contributed by atoms with Gasteiger partial charge in [-0.1, -0.05) is 20.8 Å². The van der Waals surface area contributed by atoms with E-state index in [1.807, 2.05) is 0 Å². The molecule has 0 aliphatic carbocycles. The van der Waals surface area contributed by atoms with Crippen LogP contribution < -0.4 is 9.47 Å². The monoisotopic (exact) mass is 469 g/mol. The number of methoxy groups -OCH3 is 2. The van der Waals surface area contributed by atoms with Crippen molar-refractivity contribution in [3.8, 4) is 11.5 Å². The highest BCUT2D eigenvalue weighted by molar-refractivity contribution is 5.91. The molecule has 1 atom stereocenters. The molecule has 1 rings (SSSR count). The number of benzene rings is 1. The zero-order valence-corrected chi connectivity index (χ0v) is 19.8. The van der Waals surface area contributed by atoms with Crippen LogP contribution in [0.1, 0.15) is 52.5 Å². The van der Waals surface area contributed by atoms with Gasteiger partial charge >= 0.3 is 11.9 Å². The number of carbonyl (C=O) groups is 3. The second-order valence-corrected chi connectivity index (χ2v) is 8.62. The molecule has 1 aromatic rings. The molecule has 0 radical (unpaired) electrons. The number of rotatable bonds is 12. The first kappa shape index (κ1) is 27.8. The Morgan fingerprint density at radius 3 is 1.97 bits per heavy atom. The molecule has 0 aliphatic heterocycles. The van der Waals surface area contributed by atoms with Gasteiger partial charge in [-0.15, -0.1) is 0 Å². The lowest BCUT2D eigenvalue weighted by Gasteiger charge is -2.28. The molecule has 0 aromatic heterocycles. The van der Waals surface area contributed by atoms with E-state index in [0.29, 0.717) is 0 Å². The van der Waals surface area contributed by atoms with Gasteiger partial charge in [0.2, 0.25) is 0 Å². The maximum Gasteiger partial charge on any atom is 0.306 e. The van der Waals surface area contributed by atoms with E-state index in [1.165, 1.54) is 33.3 Å². The molecule has 33 heavy (non-hydrogen) atoms. The van der Waals surface area contributed by atoms with E-state index in [2.05, 4.69) is 0 Å². The van der Waals surface area contributed by atoms with Gasteiger partial charge < -0.3 is 24.1 Å². The van der Waals surface area contributed by atoms with Gasteiger partial charge in [0, 0.05) is 18.3 Å². The highest BCUT2D eigenvalue weighted by atomic mass is 16.6. The fourth-order valence-electron chi connectivity index (χ4n) is 2.97. The molecule has 0 bridgehead atoms. The number of carbonyl (C=O) groups excluding carboxylic acids is 3. The zero-order chi connectivity index (χ0) is 25.4. The molecular formula is C22H31NO10. The van der Waals surface area contributed by atoms with Crippen LogP contribution in [-0.4, -0.2) is 54.2 Å². The predicted molar refractivity (Wildman–Crippen MR) is 116 cm³/mol. The van der Waals surface area contributed by atoms with Crippen molar-refractivity contribution >= 4 is 23.4 Å². The topological polar surface area (TPSA) is 152 Å². The third-order valence-electron chi connectivity index (χ3n) is 4.62. The highest BCUT2D eigenvalue weighted by Crippen LogP contribution is 2.34. The number of nitro groups is 1. The Kier molecular flexibility index (Phi) is 9.78. The minimum Gasteiger partial charge on any atom is -0.493 e. The smallest absolute Gasteiger partial charge is 0.306 e. The first-order valence-corrected chi connectivity index (χ1v) is 10.2. The molecule has 1 aromatic carbocycles. The molecule has 0 fully saturated rings. The van der Waals surface area contributed by atoms with Crippen molar-refractivity contribution in [1.82, 2.24) is 0 Å². The van der Waals surface area contributed by atoms with Gasteiger partial charge in [0.15, 0.2) is 22.9 Å². The van der Waals surface area contributed by atoms with E-state index in [1.54, 1.807) is 20.8 Å². The summed E-state index contributed by atoms with van der Waals surface area (Å²) in [4.78, 5) is 46.7. The third-order valence-corrected chi connectivity index (χ3v) is 4.62. The lowest BCUT2D eigenvalue weighted by molar-refractivity contribution is -0.385. The lowest BCUT2D eigenvalue weighted by Crippen LogP contribution is -2.46. The fourth-order valence-corrected chi connectivity index (χ4v) is 2.97. The molecule has 11 heteroatoms. The number of ketones is 1. The van der Waals surface area contributed by atoms with Gasteiger partial charge in [-0.2, -0.15) is 0 Å². The molecule has 11 nitrogen and oxygen atoms in total. The van der Waals surface area contributed by atoms with Gasteiger partial charge in [-0.05, 0) is 19.4 Å². The van der Waals surface area contributed by atoms with E-state index >= 15 is 0 Å². The van der Waals surface area contributed by atoms with E-state index in [-0.39, 0.29) is 48.6 Å². The molecule has 0 saturated carbocycles. The van der Waals surface area contributed by atoms with Crippen molar-refractivity contribution in [2.45, 2.75) is 59.2 Å². The van der Waals surface area contributed by atoms with Crippen LogP contribution in [0.2, 0.25) is 0 Å². The molecule has 0 aliphatic rings. The summed E-state index contributed by atoms with van der Waals surface area (Å²) in [6.45, 7) is 5.36. The van der Waals surface area contributed by atoms with Crippen molar-refractivity contribution in [2.75, 3.05) is 20.8 Å². The molecule has 0 saturated heterocycles. The fraction of sp³-hybridized carbons (Fsp3) is 0.591. The SMILES string of the molecule is COc1cc(COC(=O)CCCC(=O)OCC(C)(O)C(=O)C(C)(C)C)c([N+](=O)[O-])cc1OC. The third kappa shape index (κ3) is 8.33. The molecule has 1 unspecified atom stereocenters. The molecular weight excluding hydrogens is 438 g/mol. The highest BCUT2D eigenvalue weighted by Gasteiger charge is 2.39. The summed E-state index contributed by atoms with van der Waals surface area (Å²) in [6, 6.07) is 2.53. The molecule has 0 spiro atoms. The summed E-state index contributed by atoms with van der Waals surface area (Å²) in [7, 11) is 2.72. The number of nitrogens with zero attached hydrogens (tertiary/aromatic N) is 1. The van der Waals surface area contributed by atoms with Crippen LogP contribution in [0.3, 0.4) is 0 Å². The van der Waals surface area contributed by atoms with Crippen LogP contribution in [0, 0.1) is 15.5 Å². The predicted octanol–water partition coefficient (Wildman–Crippen LogP) is 2.73. The van der Waals surface area contributed by atoms with Crippen LogP contribution in [0.5, 0.6) is 11.5 Å². The second-order valence-electron chi connectivity index (χ2n) is 8.62. The van der Waals surface area contributed by atoms with Crippen LogP contribution in [0.4, 0.5) is 5.69 Å². The summed E-state index contributed by atoms with van der Waals surface area (Å²) in [5, 5.41) is 21.5. The maximum atomic E-state index is 12.2. The largest absolute Gasteiger partial charge is 0.493 e. The summed E-state index contributed by atoms with van der Waals surface area (Å²) in [6.07, 6.45) is -0.167. The minimum absolute atomic E-state index is 0.0983. The summed E-state index contributed by atoms with van der Waals surface area (Å²) in [5.74, 6) is -1.39. The van der Waals surface area contributed by atoms with Crippen LogP contribution in [0.15, 0.2) is 12.1 Å². The average molecular weight is 469 g/mol. The van der Waals surface area contributed by atoms with E-state index in [0.717, 1.165) is 0 Å². The standard InChI is InChI=1S/C22H31NO10/c1-21(2,3)20(26)22(4,27)13-33-19(25)9-7-8-18(24)32-12-14-10-16(30-5)17(31-6)11-15(14)23(28)29/h10-11,27H,7-9,12-13H2,1-6H3. The van der Waals surface area contributed by atoms with Crippen molar-refractivity contribution in [3.63, 3.8) is 0 Å². The van der Waals surface area contributed by atoms with Crippen molar-refractivity contribution in [2.24, 2.45) is 5.41 Å². The van der Waals surface area contributed by atoms with Gasteiger partial charge in [0.25, 0.3) is 5.69 Å². The first-order chi connectivity index (χ1) is 15.2. The van der Waals surface area contributed by atoms with Gasteiger partial charge in [0.1, 0.15) is 13.2 Å². The number of esters is 2. The normalized spacial score (nSPS) is 12.9. The molecule has 184 valence electrons. The number of nitro benzene ring substituents is 1. The first-order valence-electron chi connectivity index (χ1n) is 10.2. The van der Waals surface area contributed by atoms with Crippen molar-refractivity contribution in [1.29, 1.82) is 0 Å². The number of hydrogen-bond donors (Lipinski definition) is 1. The Balaban J connectivity index is 2.55. The van der Waals surface area contributed by atoms with E-state index in [4.69, 9.17) is 18.9 Å². The molecule has 0 amide bonds. The second kappa shape index (κ2) is 11.6. The lowest BCUT2D eigenvalue weighted by atomic mass is 9.81. The number of ether oxygens (including phenoxy) is 4. The van der Waals surface area contributed by atoms with Crippen molar-refractivity contribution in [3.05, 3.63) is 27.8 Å². The Morgan fingerprint density at radius 1 is 0.970 bits per heavy atom. The molecule has 1 N–H and O–H groups in total. The Bertz CT molecular complexity index is 886. The van der Waals surface area contributed by atoms with Crippen LogP contribution >= 0.6 is 0 Å². The molecule has 0 heterocycles. The zero-order valence-electron chi connectivity index (χ0n) is 19.8. The minimum atomic E-state index is -1.82. The summed E-state index contributed by atoms with van der Waals surface area (Å²) in [5.41, 5.74) is -2.79. The van der Waals surface area contributed by atoms with Crippen molar-refractivity contribution < 1.29 is 43.4 Å². The summed E-state index contributed by atoms with van der Waals surface area (Å²) < 4.78 is 20.2. The van der Waals surface area contributed by atoms with E-state index in [9.17, 15) is 29.6 Å². The van der Waals surface area contributed by atoms with Gasteiger partial charge in [0.05, 0.1) is 30.8 Å². The van der Waals surface area contributed by atoms with E-state index < -0.39 is 40.3 Å². The van der Waals surface area contributed by atoms with Crippen LogP contribution in [0.25, 0.3) is 0 Å². The van der Waals surface area contributed by atoms with Crippen LogP contribution in [-0.2, 0) is 30.5 Å². The summed E-state index contributed by atoms with van der Waals surface area (Å²) >= 11 is 0. The Morgan fingerprint density at radius 2 is 1.48 bits per heavy atom. The number of Topliss-reactive ketones (excluding diaryl/α,β-unsaturated/α-hetero) is 1. The van der Waals surface area contributed by atoms with Gasteiger partial charge in [-0.25, -0.2) is 0 Å². The average Bonchev–Trinajstić information content (AvgIpc) is 2.74. The maximum absolute atomic E-state index is 12.2. The van der Waals surface area contributed by atoms with Gasteiger partial charge in [-0.3, -0.25) is 24.5 Å². The Labute approximate surface area is 192 Å².